The first-order valence-electron chi connectivity index (χ1n) is 10.3. The van der Waals surface area contributed by atoms with Gasteiger partial charge in [0.25, 0.3) is 0 Å². The number of rotatable bonds is 3. The summed E-state index contributed by atoms with van der Waals surface area (Å²) in [5, 5.41) is 0. The molecule has 0 aliphatic heterocycles. The lowest BCUT2D eigenvalue weighted by molar-refractivity contribution is 0.206. The van der Waals surface area contributed by atoms with E-state index in [1.54, 1.807) is 12.1 Å². The molecule has 2 aliphatic carbocycles. The topological polar surface area (TPSA) is 0 Å². The molecular formula is C25H28F2. The van der Waals surface area contributed by atoms with E-state index in [4.69, 9.17) is 0 Å². The molecule has 27 heavy (non-hydrogen) atoms. The summed E-state index contributed by atoms with van der Waals surface area (Å²) in [7, 11) is 0. The van der Waals surface area contributed by atoms with Crippen molar-refractivity contribution in [3.63, 3.8) is 0 Å². The molecule has 1 saturated carbocycles. The van der Waals surface area contributed by atoms with Gasteiger partial charge in [-0.1, -0.05) is 42.5 Å². The Morgan fingerprint density at radius 1 is 0.889 bits per heavy atom. The summed E-state index contributed by atoms with van der Waals surface area (Å²) < 4.78 is 27.7. The van der Waals surface area contributed by atoms with Crippen LogP contribution in [0.3, 0.4) is 0 Å². The number of fused-ring (bicyclic) bond motifs is 1. The van der Waals surface area contributed by atoms with Crippen LogP contribution in [0.1, 0.15) is 50.2 Å². The van der Waals surface area contributed by atoms with E-state index in [1.807, 2.05) is 6.07 Å². The van der Waals surface area contributed by atoms with Crippen LogP contribution in [0.15, 0.2) is 48.6 Å². The number of hydrogen-bond acceptors (Lipinski definition) is 0. The maximum Gasteiger partial charge on any atom is 0.166 e. The van der Waals surface area contributed by atoms with Gasteiger partial charge in [-0.05, 0) is 92.4 Å². The first-order valence-corrected chi connectivity index (χ1v) is 10.3. The zero-order valence-corrected chi connectivity index (χ0v) is 16.1. The van der Waals surface area contributed by atoms with Crippen molar-refractivity contribution in [3.05, 3.63) is 71.3 Å². The minimum atomic E-state index is -0.779. The molecule has 142 valence electrons. The second kappa shape index (κ2) is 7.96. The Bertz CT molecular complexity index is 828. The quantitative estimate of drug-likeness (QED) is 0.507. The maximum atomic E-state index is 14.1. The van der Waals surface area contributed by atoms with E-state index in [1.165, 1.54) is 49.3 Å². The van der Waals surface area contributed by atoms with Gasteiger partial charge < -0.3 is 0 Å². The van der Waals surface area contributed by atoms with E-state index in [-0.39, 0.29) is 0 Å². The second-order valence-electron chi connectivity index (χ2n) is 8.29. The molecule has 1 atom stereocenters. The fourth-order valence-electron chi connectivity index (χ4n) is 5.16. The van der Waals surface area contributed by atoms with Gasteiger partial charge in [0.1, 0.15) is 0 Å². The number of hydrogen-bond donors (Lipinski definition) is 0. The summed E-state index contributed by atoms with van der Waals surface area (Å²) in [6.07, 6.45) is 13.3. The molecule has 0 N–H and O–H groups in total. The van der Waals surface area contributed by atoms with Crippen molar-refractivity contribution in [2.24, 2.45) is 17.8 Å². The maximum absolute atomic E-state index is 14.1. The van der Waals surface area contributed by atoms with Gasteiger partial charge >= 0.3 is 0 Å². The molecule has 0 heterocycles. The average molecular weight is 366 g/mol. The standard InChI is InChI=1S/C25H28F2/c1-2-4-17-7-9-18(10-8-17)19-11-12-21-16-22(14-13-20(21)15-19)23-5-3-6-24(26)25(23)27/h2-6,13-14,16-19H,7-12,15H2,1H3/b4-2+. The van der Waals surface area contributed by atoms with Crippen LogP contribution in [-0.2, 0) is 12.8 Å². The number of halogens is 2. The van der Waals surface area contributed by atoms with Crippen LogP contribution in [0.25, 0.3) is 11.1 Å². The van der Waals surface area contributed by atoms with Gasteiger partial charge in [-0.2, -0.15) is 0 Å². The van der Waals surface area contributed by atoms with Crippen LogP contribution in [0, 0.1) is 29.4 Å². The lowest BCUT2D eigenvalue weighted by Gasteiger charge is -2.36. The summed E-state index contributed by atoms with van der Waals surface area (Å²) >= 11 is 0. The first-order chi connectivity index (χ1) is 13.2. The van der Waals surface area contributed by atoms with Crippen molar-refractivity contribution in [3.8, 4) is 11.1 Å². The molecule has 1 fully saturated rings. The van der Waals surface area contributed by atoms with E-state index < -0.39 is 11.6 Å². The van der Waals surface area contributed by atoms with Crippen LogP contribution >= 0.6 is 0 Å². The highest BCUT2D eigenvalue weighted by atomic mass is 19.2. The normalized spacial score (nSPS) is 25.5. The van der Waals surface area contributed by atoms with Gasteiger partial charge in [0, 0.05) is 5.56 Å². The minimum Gasteiger partial charge on any atom is -0.204 e. The van der Waals surface area contributed by atoms with E-state index in [0.29, 0.717) is 5.56 Å². The summed E-state index contributed by atoms with van der Waals surface area (Å²) in [5.74, 6) is 0.884. The zero-order valence-electron chi connectivity index (χ0n) is 16.1. The van der Waals surface area contributed by atoms with Crippen molar-refractivity contribution in [1.29, 1.82) is 0 Å². The molecule has 0 bridgehead atoms. The van der Waals surface area contributed by atoms with Crippen molar-refractivity contribution < 1.29 is 8.78 Å². The predicted molar refractivity (Wildman–Crippen MR) is 108 cm³/mol. The number of benzene rings is 2. The molecule has 0 nitrogen and oxygen atoms in total. The zero-order chi connectivity index (χ0) is 18.8. The van der Waals surface area contributed by atoms with Crippen LogP contribution in [-0.4, -0.2) is 0 Å². The molecule has 2 aliphatic rings. The van der Waals surface area contributed by atoms with E-state index in [9.17, 15) is 8.78 Å². The van der Waals surface area contributed by atoms with Gasteiger partial charge in [0.2, 0.25) is 0 Å². The number of aryl methyl sites for hydroxylation is 1. The molecule has 1 unspecified atom stereocenters. The third-order valence-corrected chi connectivity index (χ3v) is 6.68. The fourth-order valence-corrected chi connectivity index (χ4v) is 5.16. The molecule has 0 spiro atoms. The molecule has 2 aromatic rings. The molecule has 4 rings (SSSR count). The highest BCUT2D eigenvalue weighted by molar-refractivity contribution is 5.66. The van der Waals surface area contributed by atoms with E-state index >= 15 is 0 Å². The molecular weight excluding hydrogens is 338 g/mol. The predicted octanol–water partition coefficient (Wildman–Crippen LogP) is 7.12. The smallest absolute Gasteiger partial charge is 0.166 e. The Kier molecular flexibility index (Phi) is 5.43. The summed E-state index contributed by atoms with van der Waals surface area (Å²) in [6, 6.07) is 10.6. The first kappa shape index (κ1) is 18.4. The van der Waals surface area contributed by atoms with Crippen LogP contribution in [0.5, 0.6) is 0 Å². The van der Waals surface area contributed by atoms with Crippen molar-refractivity contribution >= 4 is 0 Å². The van der Waals surface area contributed by atoms with Crippen LogP contribution in [0.2, 0.25) is 0 Å². The van der Waals surface area contributed by atoms with Gasteiger partial charge in [0.15, 0.2) is 11.6 Å². The highest BCUT2D eigenvalue weighted by Gasteiger charge is 2.29. The van der Waals surface area contributed by atoms with Crippen LogP contribution < -0.4 is 0 Å². The molecule has 2 aromatic carbocycles. The van der Waals surface area contributed by atoms with Crippen molar-refractivity contribution in [2.45, 2.75) is 51.9 Å². The summed E-state index contributed by atoms with van der Waals surface area (Å²) in [4.78, 5) is 0. The van der Waals surface area contributed by atoms with Gasteiger partial charge in [-0.25, -0.2) is 8.78 Å². The van der Waals surface area contributed by atoms with Crippen molar-refractivity contribution in [2.75, 3.05) is 0 Å². The lowest BCUT2D eigenvalue weighted by Crippen LogP contribution is -2.26. The molecule has 2 heteroatoms. The highest BCUT2D eigenvalue weighted by Crippen LogP contribution is 2.40. The van der Waals surface area contributed by atoms with E-state index in [2.05, 4.69) is 31.2 Å². The molecule has 0 radical (unpaired) electrons. The van der Waals surface area contributed by atoms with E-state index in [0.717, 1.165) is 36.2 Å². The Hall–Kier alpha value is -1.96. The average Bonchev–Trinajstić information content (AvgIpc) is 2.70. The Morgan fingerprint density at radius 3 is 2.48 bits per heavy atom. The summed E-state index contributed by atoms with van der Waals surface area (Å²) in [5.41, 5.74) is 3.87. The Balaban J connectivity index is 1.48. The monoisotopic (exact) mass is 366 g/mol. The third kappa shape index (κ3) is 3.85. The minimum absolute atomic E-state index is 0.363. The Labute approximate surface area is 161 Å². The fraction of sp³-hybridized carbons (Fsp3) is 0.440. The van der Waals surface area contributed by atoms with Gasteiger partial charge in [-0.3, -0.25) is 0 Å². The summed E-state index contributed by atoms with van der Waals surface area (Å²) in [6.45, 7) is 2.12. The number of allylic oxidation sites excluding steroid dienone is 2. The van der Waals surface area contributed by atoms with Crippen molar-refractivity contribution in [1.82, 2.24) is 0 Å². The SMILES string of the molecule is C/C=C/C1CCC(C2CCc3cc(-c4cccc(F)c4F)ccc3C2)CC1. The molecule has 0 saturated heterocycles. The van der Waals surface area contributed by atoms with Crippen LogP contribution in [0.4, 0.5) is 8.78 Å². The van der Waals surface area contributed by atoms with Gasteiger partial charge in [-0.15, -0.1) is 0 Å². The second-order valence-corrected chi connectivity index (χ2v) is 8.29. The molecule has 0 aromatic heterocycles. The Morgan fingerprint density at radius 2 is 1.70 bits per heavy atom. The lowest BCUT2D eigenvalue weighted by atomic mass is 9.69. The largest absolute Gasteiger partial charge is 0.204 e. The van der Waals surface area contributed by atoms with Gasteiger partial charge in [0.05, 0.1) is 0 Å². The third-order valence-electron chi connectivity index (χ3n) is 6.68. The molecule has 0 amide bonds.